The number of aryl methyl sites for hydroxylation is 2. The smallest absolute Gasteiger partial charge is 0.255 e. The summed E-state index contributed by atoms with van der Waals surface area (Å²) < 4.78 is 6.95. The molecule has 2 N–H and O–H groups in total. The molecule has 0 saturated heterocycles. The molecule has 0 fully saturated rings. The Morgan fingerprint density at radius 1 is 1.39 bits per heavy atom. The Kier molecular flexibility index (Phi) is 3.88. The molecule has 0 aliphatic heterocycles. The van der Waals surface area contributed by atoms with Crippen molar-refractivity contribution in [1.29, 1.82) is 0 Å². The summed E-state index contributed by atoms with van der Waals surface area (Å²) in [5.74, 6) is 1.38. The molecular weight excluding hydrogens is 230 g/mol. The largest absolute Gasteiger partial charge is 0.385 e. The second-order valence-corrected chi connectivity index (χ2v) is 4.47. The van der Waals surface area contributed by atoms with Gasteiger partial charge in [-0.05, 0) is 32.8 Å². The maximum Gasteiger partial charge on any atom is 0.255 e. The van der Waals surface area contributed by atoms with Gasteiger partial charge in [0.2, 0.25) is 0 Å². The van der Waals surface area contributed by atoms with Gasteiger partial charge in [0.25, 0.3) is 5.78 Å². The average Bonchev–Trinajstić information content (AvgIpc) is 2.73. The van der Waals surface area contributed by atoms with Crippen molar-refractivity contribution in [2.45, 2.75) is 32.7 Å². The molecular formula is C12H19N5O. The van der Waals surface area contributed by atoms with E-state index in [4.69, 9.17) is 10.5 Å². The molecule has 0 amide bonds. The Labute approximate surface area is 106 Å². The zero-order chi connectivity index (χ0) is 13.1. The minimum absolute atomic E-state index is 0.140. The van der Waals surface area contributed by atoms with Crippen LogP contribution in [0.5, 0.6) is 0 Å². The number of ether oxygens (including phenoxy) is 1. The molecule has 6 nitrogen and oxygen atoms in total. The van der Waals surface area contributed by atoms with E-state index in [1.165, 1.54) is 0 Å². The van der Waals surface area contributed by atoms with E-state index >= 15 is 0 Å². The van der Waals surface area contributed by atoms with E-state index in [-0.39, 0.29) is 6.04 Å². The summed E-state index contributed by atoms with van der Waals surface area (Å²) in [5, 5.41) is 8.24. The molecule has 18 heavy (non-hydrogen) atoms. The first-order valence-electron chi connectivity index (χ1n) is 6.07. The van der Waals surface area contributed by atoms with Crippen LogP contribution in [0.4, 0.5) is 0 Å². The number of rotatable bonds is 5. The van der Waals surface area contributed by atoms with Gasteiger partial charge < -0.3 is 10.5 Å². The molecule has 2 heterocycles. The molecule has 0 radical (unpaired) electrons. The minimum atomic E-state index is -0.140. The van der Waals surface area contributed by atoms with Crippen molar-refractivity contribution in [3.63, 3.8) is 0 Å². The third-order valence-corrected chi connectivity index (χ3v) is 2.91. The van der Waals surface area contributed by atoms with Crippen LogP contribution in [-0.4, -0.2) is 33.3 Å². The summed E-state index contributed by atoms with van der Waals surface area (Å²) in [5.41, 5.74) is 8.14. The van der Waals surface area contributed by atoms with Crippen molar-refractivity contribution in [2.75, 3.05) is 13.7 Å². The zero-order valence-corrected chi connectivity index (χ0v) is 11.1. The van der Waals surface area contributed by atoms with Crippen molar-refractivity contribution >= 4 is 5.78 Å². The van der Waals surface area contributed by atoms with Crippen LogP contribution >= 0.6 is 0 Å². The maximum absolute atomic E-state index is 6.15. The summed E-state index contributed by atoms with van der Waals surface area (Å²) >= 11 is 0. The lowest BCUT2D eigenvalue weighted by Gasteiger charge is -2.11. The molecule has 2 aromatic heterocycles. The number of fused-ring (bicyclic) bond motifs is 1. The Morgan fingerprint density at radius 2 is 2.17 bits per heavy atom. The predicted octanol–water partition coefficient (Wildman–Crippen LogP) is 1.17. The van der Waals surface area contributed by atoms with Gasteiger partial charge in [-0.2, -0.15) is 0 Å². The van der Waals surface area contributed by atoms with Crippen LogP contribution in [0.2, 0.25) is 0 Å². The Balaban J connectivity index is 2.28. The third-order valence-electron chi connectivity index (χ3n) is 2.91. The first-order chi connectivity index (χ1) is 8.63. The highest BCUT2D eigenvalue weighted by Gasteiger charge is 2.16. The highest BCUT2D eigenvalue weighted by atomic mass is 16.5. The lowest BCUT2D eigenvalue weighted by molar-refractivity contribution is 0.190. The monoisotopic (exact) mass is 249 g/mol. The molecule has 0 aromatic carbocycles. The lowest BCUT2D eigenvalue weighted by atomic mass is 10.1. The maximum atomic E-state index is 6.15. The average molecular weight is 249 g/mol. The quantitative estimate of drug-likeness (QED) is 0.805. The number of methoxy groups -OCH3 is 1. The van der Waals surface area contributed by atoms with Crippen molar-refractivity contribution in [2.24, 2.45) is 5.73 Å². The molecule has 2 rings (SSSR count). The standard InChI is InChI=1S/C12H19N5O/c1-8-7-9(2)17-11(15-16-12(17)14-8)10(13)5-4-6-18-3/h7,10H,4-6,13H2,1-3H3. The van der Waals surface area contributed by atoms with E-state index in [1.54, 1.807) is 7.11 Å². The fourth-order valence-electron chi connectivity index (χ4n) is 2.07. The molecule has 0 saturated carbocycles. The van der Waals surface area contributed by atoms with Crippen molar-refractivity contribution < 1.29 is 4.74 Å². The van der Waals surface area contributed by atoms with Crippen LogP contribution in [-0.2, 0) is 4.74 Å². The molecule has 0 spiro atoms. The van der Waals surface area contributed by atoms with Gasteiger partial charge in [0.15, 0.2) is 5.82 Å². The van der Waals surface area contributed by atoms with Crippen molar-refractivity contribution in [3.05, 3.63) is 23.3 Å². The van der Waals surface area contributed by atoms with E-state index in [1.807, 2.05) is 24.3 Å². The minimum Gasteiger partial charge on any atom is -0.385 e. The molecule has 1 atom stereocenters. The first-order valence-corrected chi connectivity index (χ1v) is 6.07. The predicted molar refractivity (Wildman–Crippen MR) is 68.3 cm³/mol. The van der Waals surface area contributed by atoms with E-state index < -0.39 is 0 Å². The van der Waals surface area contributed by atoms with Crippen LogP contribution in [0.25, 0.3) is 5.78 Å². The van der Waals surface area contributed by atoms with Crippen molar-refractivity contribution in [1.82, 2.24) is 19.6 Å². The normalized spacial score (nSPS) is 13.1. The van der Waals surface area contributed by atoms with Gasteiger partial charge >= 0.3 is 0 Å². The first kappa shape index (κ1) is 12.9. The van der Waals surface area contributed by atoms with Gasteiger partial charge in [0.05, 0.1) is 6.04 Å². The number of aromatic nitrogens is 4. The second-order valence-electron chi connectivity index (χ2n) is 4.47. The van der Waals surface area contributed by atoms with E-state index in [9.17, 15) is 0 Å². The van der Waals surface area contributed by atoms with Crippen LogP contribution in [0, 0.1) is 13.8 Å². The van der Waals surface area contributed by atoms with Gasteiger partial charge in [0.1, 0.15) is 0 Å². The van der Waals surface area contributed by atoms with Gasteiger partial charge in [0, 0.05) is 25.1 Å². The van der Waals surface area contributed by atoms with Gasteiger partial charge in [-0.25, -0.2) is 4.98 Å². The molecule has 0 bridgehead atoms. The highest BCUT2D eigenvalue weighted by molar-refractivity contribution is 5.33. The molecule has 2 aromatic rings. The SMILES string of the molecule is COCCCC(N)c1nnc2nc(C)cc(C)n12. The zero-order valence-electron chi connectivity index (χ0n) is 11.1. The summed E-state index contributed by atoms with van der Waals surface area (Å²) in [6.45, 7) is 4.66. The van der Waals surface area contributed by atoms with Crippen LogP contribution < -0.4 is 5.73 Å². The van der Waals surface area contributed by atoms with Gasteiger partial charge in [-0.1, -0.05) is 0 Å². The second kappa shape index (κ2) is 5.41. The summed E-state index contributed by atoms with van der Waals surface area (Å²) in [6, 6.07) is 1.86. The van der Waals surface area contributed by atoms with Gasteiger partial charge in [-0.3, -0.25) is 4.40 Å². The molecule has 0 aliphatic rings. The van der Waals surface area contributed by atoms with Gasteiger partial charge in [-0.15, -0.1) is 10.2 Å². The number of hydrogen-bond donors (Lipinski definition) is 1. The van der Waals surface area contributed by atoms with Crippen LogP contribution in [0.1, 0.15) is 36.1 Å². The Morgan fingerprint density at radius 3 is 2.89 bits per heavy atom. The third kappa shape index (κ3) is 2.49. The number of hydrogen-bond acceptors (Lipinski definition) is 5. The molecule has 6 heteroatoms. The van der Waals surface area contributed by atoms with Crippen LogP contribution in [0.3, 0.4) is 0 Å². The summed E-state index contributed by atoms with van der Waals surface area (Å²) in [7, 11) is 1.69. The highest BCUT2D eigenvalue weighted by Crippen LogP contribution is 2.16. The van der Waals surface area contributed by atoms with E-state index in [0.29, 0.717) is 12.4 Å². The van der Waals surface area contributed by atoms with Crippen molar-refractivity contribution in [3.8, 4) is 0 Å². The Bertz CT molecular complexity index is 536. The number of nitrogens with zero attached hydrogens (tertiary/aromatic N) is 4. The summed E-state index contributed by atoms with van der Waals surface area (Å²) in [4.78, 5) is 4.35. The molecule has 1 unspecified atom stereocenters. The molecule has 0 aliphatic carbocycles. The van der Waals surface area contributed by atoms with Crippen LogP contribution in [0.15, 0.2) is 6.07 Å². The topological polar surface area (TPSA) is 78.3 Å². The fraction of sp³-hybridized carbons (Fsp3) is 0.583. The summed E-state index contributed by atoms with van der Waals surface area (Å²) in [6.07, 6.45) is 1.73. The van der Waals surface area contributed by atoms with E-state index in [0.717, 1.165) is 30.1 Å². The lowest BCUT2D eigenvalue weighted by Crippen LogP contribution is -2.16. The number of nitrogens with two attached hydrogens (primary N) is 1. The fourth-order valence-corrected chi connectivity index (χ4v) is 2.07. The molecule has 98 valence electrons. The Hall–Kier alpha value is -1.53. The van der Waals surface area contributed by atoms with E-state index in [2.05, 4.69) is 15.2 Å².